The standard InChI is InChI=1S/C9H11N3O2/c1-12-8(13)5-4-7(11-12)9(14)10-6-2-3-6/h4-6H,2-3H2,1H3,(H,10,14). The quantitative estimate of drug-likeness (QED) is 0.699. The topological polar surface area (TPSA) is 64.0 Å². The number of hydrogen-bond acceptors (Lipinski definition) is 3. The van der Waals surface area contributed by atoms with Crippen LogP contribution in [-0.2, 0) is 7.05 Å². The maximum Gasteiger partial charge on any atom is 0.271 e. The van der Waals surface area contributed by atoms with Crippen LogP contribution in [0.1, 0.15) is 23.3 Å². The van der Waals surface area contributed by atoms with Gasteiger partial charge in [-0.15, -0.1) is 0 Å². The first-order chi connectivity index (χ1) is 6.66. The summed E-state index contributed by atoms with van der Waals surface area (Å²) in [6.07, 6.45) is 2.08. The van der Waals surface area contributed by atoms with Gasteiger partial charge in [0.05, 0.1) is 0 Å². The van der Waals surface area contributed by atoms with E-state index in [0.29, 0.717) is 11.7 Å². The zero-order valence-corrected chi connectivity index (χ0v) is 7.86. The van der Waals surface area contributed by atoms with Crippen molar-refractivity contribution < 1.29 is 4.79 Å². The second-order valence-corrected chi connectivity index (χ2v) is 3.43. The number of carbonyl (C=O) groups excluding carboxylic acids is 1. The molecule has 2 rings (SSSR count). The van der Waals surface area contributed by atoms with Crippen molar-refractivity contribution in [2.24, 2.45) is 7.05 Å². The van der Waals surface area contributed by atoms with E-state index in [0.717, 1.165) is 17.5 Å². The number of carbonyl (C=O) groups is 1. The molecule has 1 aromatic heterocycles. The highest BCUT2D eigenvalue weighted by molar-refractivity contribution is 5.92. The summed E-state index contributed by atoms with van der Waals surface area (Å²) in [5.74, 6) is -0.205. The molecule has 14 heavy (non-hydrogen) atoms. The Hall–Kier alpha value is -1.65. The predicted octanol–water partition coefficient (Wildman–Crippen LogP) is -0.328. The summed E-state index contributed by atoms with van der Waals surface area (Å²) in [4.78, 5) is 22.5. The largest absolute Gasteiger partial charge is 0.348 e. The van der Waals surface area contributed by atoms with Crippen molar-refractivity contribution in [1.29, 1.82) is 0 Å². The lowest BCUT2D eigenvalue weighted by Crippen LogP contribution is -2.29. The Morgan fingerprint density at radius 3 is 2.86 bits per heavy atom. The van der Waals surface area contributed by atoms with Gasteiger partial charge >= 0.3 is 0 Å². The van der Waals surface area contributed by atoms with E-state index in [1.165, 1.54) is 19.2 Å². The second-order valence-electron chi connectivity index (χ2n) is 3.43. The first-order valence-electron chi connectivity index (χ1n) is 4.52. The van der Waals surface area contributed by atoms with Crippen LogP contribution in [0.15, 0.2) is 16.9 Å². The minimum Gasteiger partial charge on any atom is -0.348 e. The van der Waals surface area contributed by atoms with Gasteiger partial charge in [-0.2, -0.15) is 5.10 Å². The molecular formula is C9H11N3O2. The Morgan fingerprint density at radius 2 is 2.29 bits per heavy atom. The van der Waals surface area contributed by atoms with Gasteiger partial charge < -0.3 is 5.32 Å². The van der Waals surface area contributed by atoms with E-state index in [1.54, 1.807) is 0 Å². The van der Waals surface area contributed by atoms with Gasteiger partial charge in [0.2, 0.25) is 0 Å². The van der Waals surface area contributed by atoms with Gasteiger partial charge in [-0.25, -0.2) is 4.68 Å². The van der Waals surface area contributed by atoms with Crippen LogP contribution >= 0.6 is 0 Å². The molecule has 1 heterocycles. The van der Waals surface area contributed by atoms with Gasteiger partial charge in [0, 0.05) is 19.2 Å². The molecule has 0 unspecified atom stereocenters. The fourth-order valence-corrected chi connectivity index (χ4v) is 1.11. The Bertz CT molecular complexity index is 420. The Balaban J connectivity index is 2.18. The van der Waals surface area contributed by atoms with Gasteiger partial charge in [0.25, 0.3) is 11.5 Å². The van der Waals surface area contributed by atoms with E-state index in [1.807, 2.05) is 0 Å². The lowest BCUT2D eigenvalue weighted by atomic mass is 10.3. The van der Waals surface area contributed by atoms with Crippen LogP contribution in [0.2, 0.25) is 0 Å². The third kappa shape index (κ3) is 1.81. The van der Waals surface area contributed by atoms with Crippen LogP contribution in [0.4, 0.5) is 0 Å². The summed E-state index contributed by atoms with van der Waals surface area (Å²) in [5.41, 5.74) is 0.0759. The highest BCUT2D eigenvalue weighted by atomic mass is 16.2. The average Bonchev–Trinajstić information content (AvgIpc) is 2.93. The SMILES string of the molecule is Cn1nc(C(=O)NC2CC2)ccc1=O. The molecule has 0 atom stereocenters. The van der Waals surface area contributed by atoms with Crippen molar-refractivity contribution in [2.75, 3.05) is 0 Å². The maximum atomic E-state index is 11.5. The first-order valence-corrected chi connectivity index (χ1v) is 4.52. The molecule has 0 saturated heterocycles. The monoisotopic (exact) mass is 193 g/mol. The van der Waals surface area contributed by atoms with Gasteiger partial charge in [0.15, 0.2) is 0 Å². The molecule has 74 valence electrons. The summed E-state index contributed by atoms with van der Waals surface area (Å²) < 4.78 is 1.15. The van der Waals surface area contributed by atoms with Crippen molar-refractivity contribution in [1.82, 2.24) is 15.1 Å². The number of nitrogens with one attached hydrogen (secondary N) is 1. The number of amides is 1. The number of aryl methyl sites for hydroxylation is 1. The van der Waals surface area contributed by atoms with E-state index in [-0.39, 0.29) is 11.5 Å². The summed E-state index contributed by atoms with van der Waals surface area (Å²) in [5, 5.41) is 6.65. The van der Waals surface area contributed by atoms with Crippen LogP contribution in [-0.4, -0.2) is 21.7 Å². The molecule has 0 aromatic carbocycles. The molecule has 1 N–H and O–H groups in total. The van der Waals surface area contributed by atoms with Crippen molar-refractivity contribution >= 4 is 5.91 Å². The summed E-state index contributed by atoms with van der Waals surface area (Å²) >= 11 is 0. The zero-order valence-electron chi connectivity index (χ0n) is 7.86. The number of hydrogen-bond donors (Lipinski definition) is 1. The molecule has 1 saturated carbocycles. The smallest absolute Gasteiger partial charge is 0.271 e. The number of rotatable bonds is 2. The van der Waals surface area contributed by atoms with E-state index in [9.17, 15) is 9.59 Å². The molecule has 0 bridgehead atoms. The molecule has 1 amide bonds. The average molecular weight is 193 g/mol. The van der Waals surface area contributed by atoms with Gasteiger partial charge in [0.1, 0.15) is 5.69 Å². The summed E-state index contributed by atoms with van der Waals surface area (Å²) in [6.45, 7) is 0. The molecule has 5 heteroatoms. The summed E-state index contributed by atoms with van der Waals surface area (Å²) in [7, 11) is 1.52. The van der Waals surface area contributed by atoms with Gasteiger partial charge in [-0.3, -0.25) is 9.59 Å². The molecule has 1 fully saturated rings. The van der Waals surface area contributed by atoms with Gasteiger partial charge in [-0.05, 0) is 18.9 Å². The number of nitrogens with zero attached hydrogens (tertiary/aromatic N) is 2. The van der Waals surface area contributed by atoms with Crippen molar-refractivity contribution in [3.63, 3.8) is 0 Å². The molecule has 5 nitrogen and oxygen atoms in total. The predicted molar refractivity (Wildman–Crippen MR) is 50.0 cm³/mol. The molecule has 1 aliphatic carbocycles. The molecule has 0 radical (unpaired) electrons. The van der Waals surface area contributed by atoms with Crippen LogP contribution in [0.25, 0.3) is 0 Å². The Kier molecular flexibility index (Phi) is 2.07. The maximum absolute atomic E-state index is 11.5. The Labute approximate surface area is 80.7 Å². The lowest BCUT2D eigenvalue weighted by molar-refractivity contribution is 0.0944. The Morgan fingerprint density at radius 1 is 1.57 bits per heavy atom. The first kappa shape index (κ1) is 8.93. The highest BCUT2D eigenvalue weighted by Crippen LogP contribution is 2.18. The van der Waals surface area contributed by atoms with E-state index < -0.39 is 0 Å². The van der Waals surface area contributed by atoms with Crippen molar-refractivity contribution in [3.05, 3.63) is 28.2 Å². The molecular weight excluding hydrogens is 182 g/mol. The van der Waals surface area contributed by atoms with Crippen molar-refractivity contribution in [3.8, 4) is 0 Å². The number of aromatic nitrogens is 2. The van der Waals surface area contributed by atoms with E-state index in [2.05, 4.69) is 10.4 Å². The molecule has 1 aromatic rings. The fraction of sp³-hybridized carbons (Fsp3) is 0.444. The minimum atomic E-state index is -0.215. The second kappa shape index (κ2) is 3.25. The van der Waals surface area contributed by atoms with E-state index >= 15 is 0 Å². The van der Waals surface area contributed by atoms with Crippen LogP contribution in [0, 0.1) is 0 Å². The lowest BCUT2D eigenvalue weighted by Gasteiger charge is -2.02. The van der Waals surface area contributed by atoms with Crippen LogP contribution in [0.3, 0.4) is 0 Å². The molecule has 0 aliphatic heterocycles. The molecule has 0 spiro atoms. The molecule has 1 aliphatic rings. The summed E-state index contributed by atoms with van der Waals surface area (Å²) in [6, 6.07) is 3.09. The normalized spacial score (nSPS) is 15.2. The third-order valence-corrected chi connectivity index (χ3v) is 2.11. The fourth-order valence-electron chi connectivity index (χ4n) is 1.11. The third-order valence-electron chi connectivity index (χ3n) is 2.11. The van der Waals surface area contributed by atoms with E-state index in [4.69, 9.17) is 0 Å². The zero-order chi connectivity index (χ0) is 10.1. The highest BCUT2D eigenvalue weighted by Gasteiger charge is 2.24. The van der Waals surface area contributed by atoms with Crippen molar-refractivity contribution in [2.45, 2.75) is 18.9 Å². The minimum absolute atomic E-state index is 0.205. The van der Waals surface area contributed by atoms with Crippen LogP contribution in [0.5, 0.6) is 0 Å². The van der Waals surface area contributed by atoms with Gasteiger partial charge in [-0.1, -0.05) is 0 Å². The van der Waals surface area contributed by atoms with Crippen LogP contribution < -0.4 is 10.9 Å².